The second kappa shape index (κ2) is 4.79. The summed E-state index contributed by atoms with van der Waals surface area (Å²) in [5.74, 6) is -1.86. The van der Waals surface area contributed by atoms with Crippen LogP contribution in [0.3, 0.4) is 0 Å². The molecule has 2 atom stereocenters. The fraction of sp³-hybridized carbons (Fsp3) is 0.600. The Hall–Kier alpha value is -1.00. The Labute approximate surface area is 69.5 Å². The molecule has 12 heavy (non-hydrogen) atoms. The van der Waals surface area contributed by atoms with Crippen molar-refractivity contribution in [3.8, 4) is 0 Å². The summed E-state index contributed by atoms with van der Waals surface area (Å²) in [5.41, 5.74) is 0. The number of rotatable bonds is 4. The van der Waals surface area contributed by atoms with Crippen molar-refractivity contribution in [1.82, 2.24) is 5.32 Å². The first-order valence-electron chi connectivity index (χ1n) is 3.07. The molecule has 0 bridgehead atoms. The SMILES string of the molecule is CC(=O)NC(C[P+](=O)O)C(=O)O. The number of carboxylic acid groups (broad SMARTS) is 1. The Bertz CT molecular complexity index is 200. The summed E-state index contributed by atoms with van der Waals surface area (Å²) < 4.78 is 10.2. The van der Waals surface area contributed by atoms with Crippen LogP contribution in [-0.2, 0) is 14.2 Å². The molecule has 0 saturated carbocycles. The number of aliphatic carboxylic acids is 1. The normalized spacial score (nSPS) is 13.3. The Morgan fingerprint density at radius 2 is 2.08 bits per heavy atom. The highest BCUT2D eigenvalue weighted by molar-refractivity contribution is 7.38. The molecule has 0 aromatic heterocycles. The van der Waals surface area contributed by atoms with E-state index >= 15 is 0 Å². The smallest absolute Gasteiger partial charge is 0.480 e. The first-order chi connectivity index (χ1) is 5.43. The summed E-state index contributed by atoms with van der Waals surface area (Å²) in [6.07, 6.45) is -0.468. The summed E-state index contributed by atoms with van der Waals surface area (Å²) in [6, 6.07) is -1.28. The van der Waals surface area contributed by atoms with Crippen LogP contribution < -0.4 is 5.32 Å². The van der Waals surface area contributed by atoms with Crippen molar-refractivity contribution in [1.29, 1.82) is 0 Å². The second-order valence-corrected chi connectivity index (χ2v) is 3.20. The number of nitrogens with one attached hydrogen (secondary N) is 1. The minimum atomic E-state index is -2.55. The molecule has 6 nitrogen and oxygen atoms in total. The molecule has 0 aliphatic heterocycles. The lowest BCUT2D eigenvalue weighted by Gasteiger charge is -2.05. The van der Waals surface area contributed by atoms with Gasteiger partial charge in [0.05, 0.1) is 0 Å². The molecular weight excluding hydrogens is 185 g/mol. The molecule has 0 heterocycles. The monoisotopic (exact) mass is 194 g/mol. The molecule has 0 aromatic carbocycles. The number of carbonyl (C=O) groups is 2. The van der Waals surface area contributed by atoms with Gasteiger partial charge in [0.1, 0.15) is 0 Å². The summed E-state index contributed by atoms with van der Waals surface area (Å²) in [6.45, 7) is 1.14. The predicted octanol–water partition coefficient (Wildman–Crippen LogP) is -0.690. The fourth-order valence-electron chi connectivity index (χ4n) is 0.587. The Kier molecular flexibility index (Phi) is 4.39. The summed E-state index contributed by atoms with van der Waals surface area (Å²) in [5, 5.41) is 10.4. The molecule has 7 heteroatoms. The van der Waals surface area contributed by atoms with Gasteiger partial charge >= 0.3 is 14.0 Å². The van der Waals surface area contributed by atoms with E-state index in [1.807, 2.05) is 5.32 Å². The van der Waals surface area contributed by atoms with Crippen molar-refractivity contribution < 1.29 is 24.2 Å². The maximum atomic E-state index is 10.4. The summed E-state index contributed by atoms with van der Waals surface area (Å²) >= 11 is 0. The lowest BCUT2D eigenvalue weighted by molar-refractivity contribution is -0.140. The van der Waals surface area contributed by atoms with Gasteiger partial charge in [-0.2, -0.15) is 4.89 Å². The van der Waals surface area contributed by atoms with Crippen LogP contribution in [-0.4, -0.2) is 34.1 Å². The molecule has 0 aromatic rings. The van der Waals surface area contributed by atoms with Gasteiger partial charge in [-0.25, -0.2) is 4.79 Å². The topological polar surface area (TPSA) is 104 Å². The van der Waals surface area contributed by atoms with Crippen molar-refractivity contribution in [3.05, 3.63) is 0 Å². The molecule has 1 amide bonds. The van der Waals surface area contributed by atoms with Gasteiger partial charge in [-0.1, -0.05) is 0 Å². The Balaban J connectivity index is 4.14. The molecule has 0 fully saturated rings. The molecule has 0 aliphatic rings. The zero-order valence-corrected chi connectivity index (χ0v) is 7.25. The minimum absolute atomic E-state index is 0.468. The van der Waals surface area contributed by atoms with Crippen LogP contribution in [0.4, 0.5) is 0 Å². The standard InChI is InChI=1S/C5H8NO5P/c1-3(7)6-4(5(8)9)2-12(10)11/h4H,2H2,1H3,(H2-,6,7,8,9,10,11)/p+1. The zero-order chi connectivity index (χ0) is 9.72. The van der Waals surface area contributed by atoms with Gasteiger partial charge < -0.3 is 10.4 Å². The molecule has 3 N–H and O–H groups in total. The summed E-state index contributed by atoms with van der Waals surface area (Å²) in [4.78, 5) is 29.1. The number of carboxylic acids is 1. The zero-order valence-electron chi connectivity index (χ0n) is 6.35. The quantitative estimate of drug-likeness (QED) is 0.514. The van der Waals surface area contributed by atoms with E-state index in [4.69, 9.17) is 10.00 Å². The number of hydrogen-bond acceptors (Lipinski definition) is 3. The van der Waals surface area contributed by atoms with E-state index in [1.165, 1.54) is 0 Å². The van der Waals surface area contributed by atoms with Gasteiger partial charge in [0.2, 0.25) is 12.1 Å². The molecule has 2 unspecified atom stereocenters. The van der Waals surface area contributed by atoms with Gasteiger partial charge in [-0.15, -0.1) is 0 Å². The third-order valence-corrected chi connectivity index (χ3v) is 1.69. The van der Waals surface area contributed by atoms with Crippen LogP contribution >= 0.6 is 8.03 Å². The van der Waals surface area contributed by atoms with Gasteiger partial charge in [0, 0.05) is 6.92 Å². The van der Waals surface area contributed by atoms with E-state index in [1.54, 1.807) is 0 Å². The second-order valence-electron chi connectivity index (χ2n) is 2.13. The van der Waals surface area contributed by atoms with Crippen LogP contribution in [0.15, 0.2) is 0 Å². The van der Waals surface area contributed by atoms with E-state index in [2.05, 4.69) is 0 Å². The maximum Gasteiger partial charge on any atom is 0.508 e. The molecule has 0 aliphatic carbocycles. The van der Waals surface area contributed by atoms with Crippen molar-refractivity contribution in [2.75, 3.05) is 6.16 Å². The number of carbonyl (C=O) groups excluding carboxylic acids is 1. The van der Waals surface area contributed by atoms with Crippen LogP contribution in [0, 0.1) is 0 Å². The number of amides is 1. The van der Waals surface area contributed by atoms with E-state index in [0.717, 1.165) is 6.92 Å². The van der Waals surface area contributed by atoms with Crippen molar-refractivity contribution in [2.24, 2.45) is 0 Å². The van der Waals surface area contributed by atoms with E-state index < -0.39 is 32.1 Å². The summed E-state index contributed by atoms with van der Waals surface area (Å²) in [7, 11) is -2.55. The van der Waals surface area contributed by atoms with Crippen molar-refractivity contribution >= 4 is 19.9 Å². The average Bonchev–Trinajstić information content (AvgIpc) is 1.83. The van der Waals surface area contributed by atoms with Gasteiger partial charge in [0.15, 0.2) is 6.04 Å². The van der Waals surface area contributed by atoms with Gasteiger partial charge in [0.25, 0.3) is 0 Å². The van der Waals surface area contributed by atoms with E-state index in [0.29, 0.717) is 0 Å². The molecule has 0 rings (SSSR count). The molecule has 0 spiro atoms. The first-order valence-corrected chi connectivity index (χ1v) is 4.46. The molecular formula is C5H9NO5P+. The highest BCUT2D eigenvalue weighted by atomic mass is 31.1. The third-order valence-electron chi connectivity index (χ3n) is 1.01. The Morgan fingerprint density at radius 3 is 2.33 bits per heavy atom. The largest absolute Gasteiger partial charge is 0.508 e. The van der Waals surface area contributed by atoms with Crippen LogP contribution in [0.25, 0.3) is 0 Å². The molecule has 68 valence electrons. The highest BCUT2D eigenvalue weighted by Crippen LogP contribution is 2.13. The van der Waals surface area contributed by atoms with E-state index in [9.17, 15) is 14.2 Å². The van der Waals surface area contributed by atoms with Crippen LogP contribution in [0.1, 0.15) is 6.92 Å². The highest BCUT2D eigenvalue weighted by Gasteiger charge is 2.28. The lowest BCUT2D eigenvalue weighted by Crippen LogP contribution is -2.41. The third kappa shape index (κ3) is 4.76. The molecule has 0 radical (unpaired) electrons. The molecule has 0 saturated heterocycles. The van der Waals surface area contributed by atoms with E-state index in [-0.39, 0.29) is 0 Å². The van der Waals surface area contributed by atoms with Gasteiger partial charge in [-0.3, -0.25) is 4.79 Å². The maximum absolute atomic E-state index is 10.4. The lowest BCUT2D eigenvalue weighted by atomic mass is 10.3. The van der Waals surface area contributed by atoms with Gasteiger partial charge in [-0.05, 0) is 4.57 Å². The average molecular weight is 194 g/mol. The fourth-order valence-corrected chi connectivity index (χ4v) is 1.15. The van der Waals surface area contributed by atoms with Crippen molar-refractivity contribution in [2.45, 2.75) is 13.0 Å². The minimum Gasteiger partial charge on any atom is -0.480 e. The predicted molar refractivity (Wildman–Crippen MR) is 39.9 cm³/mol. The Morgan fingerprint density at radius 1 is 1.58 bits per heavy atom. The first kappa shape index (κ1) is 11.0. The van der Waals surface area contributed by atoms with Crippen LogP contribution in [0.2, 0.25) is 0 Å². The number of hydrogen-bond donors (Lipinski definition) is 3. The van der Waals surface area contributed by atoms with Crippen LogP contribution in [0.5, 0.6) is 0 Å². The van der Waals surface area contributed by atoms with Crippen molar-refractivity contribution in [3.63, 3.8) is 0 Å².